The lowest BCUT2D eigenvalue weighted by Gasteiger charge is -2.34. The van der Waals surface area contributed by atoms with Gasteiger partial charge in [0.05, 0.1) is 17.5 Å². The number of anilines is 1. The highest BCUT2D eigenvalue weighted by atomic mass is 35.5. The van der Waals surface area contributed by atoms with Crippen LogP contribution < -0.4 is 10.1 Å². The Bertz CT molecular complexity index is 747. The summed E-state index contributed by atoms with van der Waals surface area (Å²) in [5.74, 6) is -0.00491. The number of hydrogen-bond acceptors (Lipinski definition) is 5. The van der Waals surface area contributed by atoms with Crippen LogP contribution in [0.15, 0.2) is 30.6 Å². The van der Waals surface area contributed by atoms with Gasteiger partial charge < -0.3 is 15.2 Å². The van der Waals surface area contributed by atoms with Crippen LogP contribution in [0, 0.1) is 0 Å². The summed E-state index contributed by atoms with van der Waals surface area (Å²) in [6.07, 6.45) is 5.95. The second-order valence-corrected chi connectivity index (χ2v) is 7.11. The van der Waals surface area contributed by atoms with Gasteiger partial charge in [-0.15, -0.1) is 0 Å². The number of pyridine rings is 2. The van der Waals surface area contributed by atoms with Gasteiger partial charge in [-0.2, -0.15) is 8.78 Å². The molecule has 140 valence electrons. The third-order valence-corrected chi connectivity index (χ3v) is 4.74. The van der Waals surface area contributed by atoms with Crippen molar-refractivity contribution in [3.8, 4) is 17.0 Å². The standard InChI is InChI=1S/C18H20ClF2N3O2/c1-18(25)6-4-11(5-7-18)24-15-8-16(19)23-10-13(15)14-3-2-12(9-22-14)26-17(20)21/h2-3,8-11,17,25H,4-7H2,1H3,(H,23,24). The fourth-order valence-electron chi connectivity index (χ4n) is 3.07. The Kier molecular flexibility index (Phi) is 5.58. The van der Waals surface area contributed by atoms with Crippen molar-refractivity contribution in [2.45, 2.75) is 50.9 Å². The average molecular weight is 384 g/mol. The van der Waals surface area contributed by atoms with Crippen LogP contribution in [0.2, 0.25) is 5.15 Å². The first-order chi connectivity index (χ1) is 12.3. The molecule has 3 rings (SSSR count). The fraction of sp³-hybridized carbons (Fsp3) is 0.444. The van der Waals surface area contributed by atoms with Crippen LogP contribution in [0.1, 0.15) is 32.6 Å². The number of halogens is 3. The summed E-state index contributed by atoms with van der Waals surface area (Å²) in [6, 6.07) is 4.95. The van der Waals surface area contributed by atoms with Gasteiger partial charge in [0.25, 0.3) is 0 Å². The maximum absolute atomic E-state index is 12.3. The minimum Gasteiger partial charge on any atom is -0.433 e. The molecular weight excluding hydrogens is 364 g/mol. The van der Waals surface area contributed by atoms with E-state index < -0.39 is 12.2 Å². The molecule has 1 saturated carbocycles. The van der Waals surface area contributed by atoms with E-state index in [1.54, 1.807) is 18.3 Å². The Balaban J connectivity index is 1.80. The molecular formula is C18H20ClF2N3O2. The summed E-state index contributed by atoms with van der Waals surface area (Å²) in [6.45, 7) is -1.04. The summed E-state index contributed by atoms with van der Waals surface area (Å²) < 4.78 is 28.9. The van der Waals surface area contributed by atoms with Crippen LogP contribution in [-0.2, 0) is 0 Å². The van der Waals surface area contributed by atoms with Crippen molar-refractivity contribution in [1.29, 1.82) is 0 Å². The van der Waals surface area contributed by atoms with E-state index in [4.69, 9.17) is 11.6 Å². The van der Waals surface area contributed by atoms with Gasteiger partial charge in [0.2, 0.25) is 0 Å². The molecule has 5 nitrogen and oxygen atoms in total. The van der Waals surface area contributed by atoms with Gasteiger partial charge in [0, 0.05) is 23.5 Å². The quantitative estimate of drug-likeness (QED) is 0.744. The first-order valence-electron chi connectivity index (χ1n) is 8.38. The predicted octanol–water partition coefficient (Wildman–Crippen LogP) is 4.50. The highest BCUT2D eigenvalue weighted by Crippen LogP contribution is 2.33. The maximum Gasteiger partial charge on any atom is 0.387 e. The van der Waals surface area contributed by atoms with E-state index in [-0.39, 0.29) is 11.8 Å². The van der Waals surface area contributed by atoms with E-state index in [1.807, 2.05) is 6.92 Å². The molecule has 1 fully saturated rings. The Hall–Kier alpha value is -1.99. The second-order valence-electron chi connectivity index (χ2n) is 6.73. The molecule has 0 atom stereocenters. The molecule has 0 amide bonds. The molecule has 0 saturated heterocycles. The van der Waals surface area contributed by atoms with E-state index in [2.05, 4.69) is 20.0 Å². The van der Waals surface area contributed by atoms with Gasteiger partial charge in [0.1, 0.15) is 10.9 Å². The van der Waals surface area contributed by atoms with Gasteiger partial charge in [-0.05, 0) is 50.8 Å². The van der Waals surface area contributed by atoms with E-state index in [0.29, 0.717) is 10.8 Å². The van der Waals surface area contributed by atoms with Crippen molar-refractivity contribution < 1.29 is 18.6 Å². The summed E-state index contributed by atoms with van der Waals surface area (Å²) in [4.78, 5) is 8.28. The van der Waals surface area contributed by atoms with Gasteiger partial charge >= 0.3 is 6.61 Å². The van der Waals surface area contributed by atoms with Crippen molar-refractivity contribution in [1.82, 2.24) is 9.97 Å². The van der Waals surface area contributed by atoms with Crippen molar-refractivity contribution in [2.24, 2.45) is 0 Å². The molecule has 8 heteroatoms. The molecule has 2 aromatic heterocycles. The number of hydrogen-bond donors (Lipinski definition) is 2. The van der Waals surface area contributed by atoms with Crippen molar-refractivity contribution >= 4 is 17.3 Å². The molecule has 2 heterocycles. The van der Waals surface area contributed by atoms with Crippen molar-refractivity contribution in [3.05, 3.63) is 35.7 Å². The number of rotatable bonds is 5. The van der Waals surface area contributed by atoms with Gasteiger partial charge in [-0.3, -0.25) is 4.98 Å². The maximum atomic E-state index is 12.3. The molecule has 1 aliphatic rings. The lowest BCUT2D eigenvalue weighted by molar-refractivity contribution is -0.0500. The molecule has 0 aromatic carbocycles. The Labute approximate surface area is 155 Å². The first-order valence-corrected chi connectivity index (χ1v) is 8.76. The third kappa shape index (κ3) is 4.80. The third-order valence-electron chi connectivity index (χ3n) is 4.53. The van der Waals surface area contributed by atoms with Crippen molar-refractivity contribution in [2.75, 3.05) is 5.32 Å². The molecule has 0 aliphatic heterocycles. The normalized spacial score (nSPS) is 23.1. The monoisotopic (exact) mass is 383 g/mol. The fourth-order valence-corrected chi connectivity index (χ4v) is 3.23. The van der Waals surface area contributed by atoms with Gasteiger partial charge in [-0.1, -0.05) is 11.6 Å². The zero-order chi connectivity index (χ0) is 18.7. The smallest absolute Gasteiger partial charge is 0.387 e. The topological polar surface area (TPSA) is 67.3 Å². The number of aromatic nitrogens is 2. The van der Waals surface area contributed by atoms with Crippen LogP contribution >= 0.6 is 11.6 Å². The lowest BCUT2D eigenvalue weighted by atomic mass is 9.83. The zero-order valence-corrected chi connectivity index (χ0v) is 15.0. The Morgan fingerprint density at radius 1 is 1.27 bits per heavy atom. The first kappa shape index (κ1) is 18.8. The number of nitrogens with zero attached hydrogens (tertiary/aromatic N) is 2. The van der Waals surface area contributed by atoms with E-state index in [9.17, 15) is 13.9 Å². The highest BCUT2D eigenvalue weighted by Gasteiger charge is 2.29. The molecule has 0 unspecified atom stereocenters. The molecule has 2 aromatic rings. The van der Waals surface area contributed by atoms with Gasteiger partial charge in [-0.25, -0.2) is 4.98 Å². The Morgan fingerprint density at radius 2 is 2.00 bits per heavy atom. The van der Waals surface area contributed by atoms with Crippen LogP contribution in [0.5, 0.6) is 5.75 Å². The van der Waals surface area contributed by atoms with Crippen LogP contribution in [0.3, 0.4) is 0 Å². The predicted molar refractivity (Wildman–Crippen MR) is 95.6 cm³/mol. The lowest BCUT2D eigenvalue weighted by Crippen LogP contribution is -2.35. The number of aliphatic hydroxyl groups is 1. The Morgan fingerprint density at radius 3 is 2.62 bits per heavy atom. The minimum absolute atomic E-state index is 0.00491. The zero-order valence-electron chi connectivity index (χ0n) is 14.3. The molecule has 0 spiro atoms. The summed E-state index contributed by atoms with van der Waals surface area (Å²) in [5, 5.41) is 13.9. The minimum atomic E-state index is -2.89. The highest BCUT2D eigenvalue weighted by molar-refractivity contribution is 6.29. The van der Waals surface area contributed by atoms with Crippen molar-refractivity contribution in [3.63, 3.8) is 0 Å². The van der Waals surface area contributed by atoms with Crippen LogP contribution in [-0.4, -0.2) is 33.3 Å². The number of nitrogens with one attached hydrogen (secondary N) is 1. The van der Waals surface area contributed by atoms with Crippen LogP contribution in [0.25, 0.3) is 11.3 Å². The number of alkyl halides is 2. The van der Waals surface area contributed by atoms with E-state index >= 15 is 0 Å². The summed E-state index contributed by atoms with van der Waals surface area (Å²) in [5.41, 5.74) is 1.45. The number of ether oxygens (including phenoxy) is 1. The molecule has 26 heavy (non-hydrogen) atoms. The molecule has 2 N–H and O–H groups in total. The van der Waals surface area contributed by atoms with E-state index in [0.717, 1.165) is 36.9 Å². The second kappa shape index (κ2) is 7.72. The largest absolute Gasteiger partial charge is 0.433 e. The SMILES string of the molecule is CC1(O)CCC(Nc2cc(Cl)ncc2-c2ccc(OC(F)F)cn2)CC1. The van der Waals surface area contributed by atoms with E-state index in [1.165, 1.54) is 12.3 Å². The van der Waals surface area contributed by atoms with Gasteiger partial charge in [0.15, 0.2) is 0 Å². The summed E-state index contributed by atoms with van der Waals surface area (Å²) >= 11 is 6.03. The molecule has 0 bridgehead atoms. The molecule has 0 radical (unpaired) electrons. The van der Waals surface area contributed by atoms with Crippen LogP contribution in [0.4, 0.5) is 14.5 Å². The molecule has 1 aliphatic carbocycles. The average Bonchev–Trinajstić information content (AvgIpc) is 2.57. The summed E-state index contributed by atoms with van der Waals surface area (Å²) in [7, 11) is 0.